The van der Waals surface area contributed by atoms with Gasteiger partial charge in [0.05, 0.1) is 17.3 Å². The Kier molecular flexibility index (Phi) is 5.01. The highest BCUT2D eigenvalue weighted by Crippen LogP contribution is 2.26. The Morgan fingerprint density at radius 3 is 2.71 bits per heavy atom. The molecule has 0 spiro atoms. The number of benzene rings is 1. The molecule has 0 amide bonds. The van der Waals surface area contributed by atoms with Crippen molar-refractivity contribution < 1.29 is 4.39 Å². The highest BCUT2D eigenvalue weighted by atomic mass is 35.5. The van der Waals surface area contributed by atoms with Crippen LogP contribution in [0.4, 0.5) is 4.39 Å². The third-order valence-corrected chi connectivity index (χ3v) is 4.32. The average molecular weight is 310 g/mol. The molecule has 1 heterocycles. The Morgan fingerprint density at radius 1 is 1.38 bits per heavy atom. The van der Waals surface area contributed by atoms with E-state index in [1.165, 1.54) is 11.6 Å². The lowest BCUT2D eigenvalue weighted by Crippen LogP contribution is -2.17. The zero-order valence-corrected chi connectivity index (χ0v) is 13.6. The van der Waals surface area contributed by atoms with E-state index in [9.17, 15) is 4.39 Å². The van der Waals surface area contributed by atoms with Crippen LogP contribution in [0.15, 0.2) is 18.2 Å². The van der Waals surface area contributed by atoms with Crippen LogP contribution in [0.5, 0.6) is 0 Å². The zero-order valence-electron chi connectivity index (χ0n) is 12.9. The van der Waals surface area contributed by atoms with Gasteiger partial charge in [0.25, 0.3) is 0 Å². The Labute approximate surface area is 130 Å². The Morgan fingerprint density at radius 2 is 2.10 bits per heavy atom. The molecule has 1 aromatic heterocycles. The Balaban J connectivity index is 2.38. The third-order valence-electron chi connectivity index (χ3n) is 3.89. The molecule has 114 valence electrons. The van der Waals surface area contributed by atoms with Crippen molar-refractivity contribution in [3.05, 3.63) is 51.6 Å². The summed E-state index contributed by atoms with van der Waals surface area (Å²) < 4.78 is 15.4. The predicted octanol–water partition coefficient (Wildman–Crippen LogP) is 4.01. The van der Waals surface area contributed by atoms with Crippen LogP contribution in [0, 0.1) is 19.7 Å². The first-order valence-electron chi connectivity index (χ1n) is 7.13. The third kappa shape index (κ3) is 3.11. The second kappa shape index (κ2) is 6.58. The number of hydrogen-bond acceptors (Lipinski definition) is 2. The number of nitrogens with zero attached hydrogens (tertiary/aromatic N) is 2. The fourth-order valence-corrected chi connectivity index (χ4v) is 2.94. The second-order valence-corrected chi connectivity index (χ2v) is 5.58. The summed E-state index contributed by atoms with van der Waals surface area (Å²) in [5.74, 6) is -0.391. The molecule has 0 radical (unpaired) electrons. The van der Waals surface area contributed by atoms with E-state index in [1.54, 1.807) is 6.07 Å². The van der Waals surface area contributed by atoms with Crippen LogP contribution < -0.4 is 5.32 Å². The van der Waals surface area contributed by atoms with Crippen molar-refractivity contribution in [2.24, 2.45) is 0 Å². The van der Waals surface area contributed by atoms with Gasteiger partial charge in [0, 0.05) is 17.3 Å². The summed E-state index contributed by atoms with van der Waals surface area (Å²) in [6.07, 6.45) is 0.991. The van der Waals surface area contributed by atoms with Crippen LogP contribution in [0.3, 0.4) is 0 Å². The molecule has 1 unspecified atom stereocenters. The van der Waals surface area contributed by atoms with Crippen molar-refractivity contribution in [1.82, 2.24) is 15.1 Å². The molecule has 2 aromatic rings. The second-order valence-electron chi connectivity index (χ2n) is 5.20. The summed E-state index contributed by atoms with van der Waals surface area (Å²) in [4.78, 5) is 0. The molecule has 2 rings (SSSR count). The molecule has 21 heavy (non-hydrogen) atoms. The van der Waals surface area contributed by atoms with E-state index in [2.05, 4.69) is 17.3 Å². The van der Waals surface area contributed by atoms with E-state index in [4.69, 9.17) is 11.6 Å². The van der Waals surface area contributed by atoms with E-state index >= 15 is 0 Å². The van der Waals surface area contributed by atoms with Gasteiger partial charge in [0.1, 0.15) is 5.82 Å². The number of nitrogens with one attached hydrogen (secondary N) is 1. The topological polar surface area (TPSA) is 29.9 Å². The van der Waals surface area contributed by atoms with Crippen molar-refractivity contribution in [3.8, 4) is 0 Å². The fourth-order valence-electron chi connectivity index (χ4n) is 2.75. The van der Waals surface area contributed by atoms with Crippen molar-refractivity contribution in [2.75, 3.05) is 7.05 Å². The molecule has 0 saturated carbocycles. The van der Waals surface area contributed by atoms with Crippen molar-refractivity contribution in [1.29, 1.82) is 0 Å². The minimum Gasteiger partial charge on any atom is -0.313 e. The van der Waals surface area contributed by atoms with Crippen molar-refractivity contribution in [2.45, 2.75) is 39.8 Å². The van der Waals surface area contributed by atoms with Gasteiger partial charge in [-0.2, -0.15) is 5.10 Å². The molecule has 1 atom stereocenters. The Hall–Kier alpha value is -1.39. The molecule has 5 heteroatoms. The van der Waals surface area contributed by atoms with Crippen molar-refractivity contribution >= 4 is 11.6 Å². The smallest absolute Gasteiger partial charge is 0.142 e. The molecule has 0 aliphatic carbocycles. The van der Waals surface area contributed by atoms with Gasteiger partial charge in [0.2, 0.25) is 0 Å². The first kappa shape index (κ1) is 16.0. The van der Waals surface area contributed by atoms with Crippen LogP contribution in [-0.4, -0.2) is 16.8 Å². The standard InChI is InChI=1S/C16H21ClFN3/c1-5-14(19-4)15-10(2)20-21(11(15)3)9-12-7-6-8-13(18)16(12)17/h6-8,14,19H,5,9H2,1-4H3. The highest BCUT2D eigenvalue weighted by molar-refractivity contribution is 6.31. The van der Waals surface area contributed by atoms with Crippen LogP contribution >= 0.6 is 11.6 Å². The fraction of sp³-hybridized carbons (Fsp3) is 0.438. The number of aryl methyl sites for hydroxylation is 1. The van der Waals surface area contributed by atoms with Crippen LogP contribution in [0.2, 0.25) is 5.02 Å². The van der Waals surface area contributed by atoms with Crippen LogP contribution in [0.25, 0.3) is 0 Å². The first-order chi connectivity index (χ1) is 9.99. The van der Waals surface area contributed by atoms with E-state index in [0.29, 0.717) is 6.54 Å². The number of rotatable bonds is 5. The van der Waals surface area contributed by atoms with Gasteiger partial charge < -0.3 is 5.32 Å². The lowest BCUT2D eigenvalue weighted by Gasteiger charge is -2.15. The normalized spacial score (nSPS) is 12.7. The van der Waals surface area contributed by atoms with Gasteiger partial charge in [-0.05, 0) is 38.9 Å². The summed E-state index contributed by atoms with van der Waals surface area (Å²) in [7, 11) is 1.95. The highest BCUT2D eigenvalue weighted by Gasteiger charge is 2.19. The average Bonchev–Trinajstić information content (AvgIpc) is 2.73. The quantitative estimate of drug-likeness (QED) is 0.904. The predicted molar refractivity (Wildman–Crippen MR) is 84.3 cm³/mol. The van der Waals surface area contributed by atoms with Gasteiger partial charge in [-0.3, -0.25) is 4.68 Å². The van der Waals surface area contributed by atoms with Gasteiger partial charge in [-0.1, -0.05) is 30.7 Å². The van der Waals surface area contributed by atoms with E-state index in [-0.39, 0.29) is 11.1 Å². The molecule has 0 bridgehead atoms. The SMILES string of the molecule is CCC(NC)c1c(C)nn(Cc2cccc(F)c2Cl)c1C. The van der Waals surface area contributed by atoms with Gasteiger partial charge >= 0.3 is 0 Å². The summed E-state index contributed by atoms with van der Waals surface area (Å²) >= 11 is 6.03. The van der Waals surface area contributed by atoms with E-state index in [1.807, 2.05) is 31.6 Å². The molecule has 0 aliphatic heterocycles. The zero-order chi connectivity index (χ0) is 15.6. The van der Waals surface area contributed by atoms with Gasteiger partial charge in [-0.25, -0.2) is 4.39 Å². The summed E-state index contributed by atoms with van der Waals surface area (Å²) in [6, 6.07) is 5.15. The minimum atomic E-state index is -0.391. The first-order valence-corrected chi connectivity index (χ1v) is 7.51. The molecule has 1 N–H and O–H groups in total. The van der Waals surface area contributed by atoms with Crippen LogP contribution in [-0.2, 0) is 6.54 Å². The summed E-state index contributed by atoms with van der Waals surface area (Å²) in [6.45, 7) is 6.67. The van der Waals surface area contributed by atoms with Gasteiger partial charge in [0.15, 0.2) is 0 Å². The van der Waals surface area contributed by atoms with E-state index < -0.39 is 5.82 Å². The maximum atomic E-state index is 13.5. The maximum absolute atomic E-state index is 13.5. The molecule has 0 fully saturated rings. The molecule has 0 saturated heterocycles. The number of halogens is 2. The number of hydrogen-bond donors (Lipinski definition) is 1. The lowest BCUT2D eigenvalue weighted by atomic mass is 10.0. The van der Waals surface area contributed by atoms with E-state index in [0.717, 1.165) is 23.4 Å². The maximum Gasteiger partial charge on any atom is 0.142 e. The summed E-state index contributed by atoms with van der Waals surface area (Å²) in [5, 5.41) is 8.07. The van der Waals surface area contributed by atoms with Gasteiger partial charge in [-0.15, -0.1) is 0 Å². The molecule has 1 aromatic carbocycles. The largest absolute Gasteiger partial charge is 0.313 e. The minimum absolute atomic E-state index is 0.173. The monoisotopic (exact) mass is 309 g/mol. The lowest BCUT2D eigenvalue weighted by molar-refractivity contribution is 0.568. The molecular formula is C16H21ClFN3. The summed E-state index contributed by atoms with van der Waals surface area (Å²) in [5.41, 5.74) is 4.05. The molecule has 3 nitrogen and oxygen atoms in total. The number of aromatic nitrogens is 2. The van der Waals surface area contributed by atoms with Crippen LogP contribution in [0.1, 0.15) is 41.9 Å². The Bertz CT molecular complexity index is 633. The molecule has 0 aliphatic rings. The van der Waals surface area contributed by atoms with Crippen molar-refractivity contribution in [3.63, 3.8) is 0 Å². The molecular weight excluding hydrogens is 289 g/mol.